The van der Waals surface area contributed by atoms with Crippen molar-refractivity contribution in [3.05, 3.63) is 76.3 Å². The monoisotopic (exact) mass is 449 g/mol. The Labute approximate surface area is 180 Å². The number of benzene rings is 2. The van der Waals surface area contributed by atoms with Crippen LogP contribution in [0.1, 0.15) is 26.4 Å². The largest absolute Gasteiger partial charge is 0.469 e. The van der Waals surface area contributed by atoms with E-state index in [9.17, 15) is 22.8 Å². The summed E-state index contributed by atoms with van der Waals surface area (Å²) in [6.07, 6.45) is -2.88. The highest BCUT2D eigenvalue weighted by molar-refractivity contribution is 7.15. The summed E-state index contributed by atoms with van der Waals surface area (Å²) in [6.45, 7) is 0.165. The van der Waals surface area contributed by atoms with E-state index >= 15 is 0 Å². The van der Waals surface area contributed by atoms with Crippen LogP contribution in [0, 0.1) is 0 Å². The Kier molecular flexibility index (Phi) is 6.91. The third kappa shape index (κ3) is 6.05. The first kappa shape index (κ1) is 22.3. The highest BCUT2D eigenvalue weighted by Crippen LogP contribution is 2.34. The van der Waals surface area contributed by atoms with Gasteiger partial charge in [0.25, 0.3) is 5.91 Å². The number of hydrogen-bond acceptors (Lipinski definition) is 6. The predicted molar refractivity (Wildman–Crippen MR) is 111 cm³/mol. The van der Waals surface area contributed by atoms with Crippen LogP contribution in [0.25, 0.3) is 0 Å². The summed E-state index contributed by atoms with van der Waals surface area (Å²) in [7, 11) is 1.29. The summed E-state index contributed by atoms with van der Waals surface area (Å²) in [5.74, 6) is -0.788. The Morgan fingerprint density at radius 2 is 1.81 bits per heavy atom. The van der Waals surface area contributed by atoms with Crippen LogP contribution >= 0.6 is 11.3 Å². The van der Waals surface area contributed by atoms with Crippen LogP contribution in [-0.2, 0) is 28.7 Å². The number of ether oxygens (including phenoxy) is 1. The first-order chi connectivity index (χ1) is 14.8. The Balaban J connectivity index is 1.59. The van der Waals surface area contributed by atoms with Gasteiger partial charge in [-0.1, -0.05) is 24.3 Å². The lowest BCUT2D eigenvalue weighted by molar-refractivity contribution is -0.140. The molecule has 2 N–H and O–H groups in total. The second kappa shape index (κ2) is 9.61. The summed E-state index contributed by atoms with van der Waals surface area (Å²) < 4.78 is 43.8. The third-order valence-corrected chi connectivity index (χ3v) is 5.16. The highest BCUT2D eigenvalue weighted by Gasteiger charge is 2.33. The van der Waals surface area contributed by atoms with E-state index in [1.54, 1.807) is 24.3 Å². The van der Waals surface area contributed by atoms with E-state index < -0.39 is 17.7 Å². The average Bonchev–Trinajstić information content (AvgIpc) is 3.18. The van der Waals surface area contributed by atoms with Crippen molar-refractivity contribution in [1.29, 1.82) is 0 Å². The van der Waals surface area contributed by atoms with Crippen molar-refractivity contribution in [2.75, 3.05) is 17.7 Å². The van der Waals surface area contributed by atoms with Gasteiger partial charge in [-0.25, -0.2) is 4.98 Å². The molecule has 6 nitrogen and oxygen atoms in total. The van der Waals surface area contributed by atoms with Gasteiger partial charge in [0, 0.05) is 28.9 Å². The molecule has 1 amide bonds. The van der Waals surface area contributed by atoms with Crippen molar-refractivity contribution in [3.8, 4) is 0 Å². The first-order valence-corrected chi connectivity index (χ1v) is 9.90. The van der Waals surface area contributed by atoms with Gasteiger partial charge in [-0.15, -0.1) is 11.3 Å². The molecule has 0 saturated heterocycles. The molecule has 3 aromatic rings. The van der Waals surface area contributed by atoms with Crippen LogP contribution in [0.4, 0.5) is 24.0 Å². The zero-order chi connectivity index (χ0) is 22.4. The molecule has 0 spiro atoms. The lowest BCUT2D eigenvalue weighted by Crippen LogP contribution is -2.12. The number of halogens is 3. The predicted octanol–water partition coefficient (Wildman–Crippen LogP) is 4.74. The maximum atomic E-state index is 13.1. The molecule has 0 atom stereocenters. The lowest BCUT2D eigenvalue weighted by Gasteiger charge is -2.14. The number of thiazole rings is 1. The van der Waals surface area contributed by atoms with Crippen LogP contribution in [0.2, 0.25) is 0 Å². The van der Waals surface area contributed by atoms with E-state index in [-0.39, 0.29) is 24.6 Å². The number of rotatable bonds is 7. The minimum absolute atomic E-state index is 0.0108. The van der Waals surface area contributed by atoms with Gasteiger partial charge in [-0.2, -0.15) is 13.2 Å². The van der Waals surface area contributed by atoms with E-state index in [0.717, 1.165) is 6.07 Å². The molecule has 0 radical (unpaired) electrons. The number of methoxy groups -OCH3 is 1. The van der Waals surface area contributed by atoms with Crippen molar-refractivity contribution in [2.45, 2.75) is 19.1 Å². The van der Waals surface area contributed by atoms with E-state index in [4.69, 9.17) is 0 Å². The fourth-order valence-corrected chi connectivity index (χ4v) is 3.48. The minimum atomic E-state index is -4.45. The number of aromatic nitrogens is 1. The molecule has 0 aliphatic carbocycles. The van der Waals surface area contributed by atoms with E-state index in [1.807, 2.05) is 0 Å². The average molecular weight is 449 g/mol. The first-order valence-electron chi connectivity index (χ1n) is 9.08. The van der Waals surface area contributed by atoms with Crippen LogP contribution in [0.3, 0.4) is 0 Å². The summed E-state index contributed by atoms with van der Waals surface area (Å²) >= 11 is 1.17. The number of nitrogens with zero attached hydrogens (tertiary/aromatic N) is 1. The minimum Gasteiger partial charge on any atom is -0.469 e. The van der Waals surface area contributed by atoms with Crippen molar-refractivity contribution >= 4 is 34.0 Å². The summed E-state index contributed by atoms with van der Waals surface area (Å²) in [5.41, 5.74) is 0.330. The normalized spacial score (nSPS) is 11.1. The second-order valence-electron chi connectivity index (χ2n) is 6.43. The Bertz CT molecular complexity index is 1070. The molecule has 162 valence electrons. The summed E-state index contributed by atoms with van der Waals surface area (Å²) in [5, 5.41) is 5.77. The third-order valence-electron chi connectivity index (χ3n) is 4.25. The van der Waals surface area contributed by atoms with Gasteiger partial charge in [-0.05, 0) is 29.8 Å². The van der Waals surface area contributed by atoms with Gasteiger partial charge in [-0.3, -0.25) is 14.9 Å². The highest BCUT2D eigenvalue weighted by atomic mass is 32.1. The zero-order valence-electron chi connectivity index (χ0n) is 16.3. The molecule has 0 aliphatic heterocycles. The smallest absolute Gasteiger partial charge is 0.418 e. The van der Waals surface area contributed by atoms with Crippen LogP contribution in [0.5, 0.6) is 0 Å². The van der Waals surface area contributed by atoms with E-state index in [1.165, 1.54) is 42.8 Å². The topological polar surface area (TPSA) is 80.3 Å². The molecule has 10 heteroatoms. The zero-order valence-corrected chi connectivity index (χ0v) is 17.1. The number of anilines is 2. The van der Waals surface area contributed by atoms with Crippen LogP contribution in [0.15, 0.2) is 54.7 Å². The quantitative estimate of drug-likeness (QED) is 0.509. The van der Waals surface area contributed by atoms with Crippen molar-refractivity contribution < 1.29 is 27.5 Å². The molecule has 31 heavy (non-hydrogen) atoms. The van der Waals surface area contributed by atoms with Gasteiger partial charge >= 0.3 is 12.1 Å². The number of esters is 1. The van der Waals surface area contributed by atoms with Crippen LogP contribution < -0.4 is 10.6 Å². The number of para-hydroxylation sites is 1. The fourth-order valence-electron chi connectivity index (χ4n) is 2.69. The number of alkyl halides is 3. The van der Waals surface area contributed by atoms with E-state index in [0.29, 0.717) is 21.1 Å². The Hall–Kier alpha value is -3.40. The second-order valence-corrected chi connectivity index (χ2v) is 7.55. The molecule has 0 bridgehead atoms. The van der Waals surface area contributed by atoms with Gasteiger partial charge < -0.3 is 10.1 Å². The van der Waals surface area contributed by atoms with Gasteiger partial charge in [0.1, 0.15) is 0 Å². The van der Waals surface area contributed by atoms with Crippen molar-refractivity contribution in [1.82, 2.24) is 4.98 Å². The fraction of sp³-hybridized carbons (Fsp3) is 0.190. The molecule has 2 aromatic carbocycles. The SMILES string of the molecule is COC(=O)Cc1cnc(NC(=O)c2ccc(CNc3ccccc3C(F)(F)F)cc2)s1. The summed E-state index contributed by atoms with van der Waals surface area (Å²) in [4.78, 5) is 28.4. The number of nitrogens with one attached hydrogen (secondary N) is 2. The lowest BCUT2D eigenvalue weighted by atomic mass is 10.1. The molecule has 1 aromatic heterocycles. The maximum Gasteiger partial charge on any atom is 0.418 e. The number of amides is 1. The van der Waals surface area contributed by atoms with Crippen molar-refractivity contribution in [2.24, 2.45) is 0 Å². The molecule has 0 unspecified atom stereocenters. The number of hydrogen-bond donors (Lipinski definition) is 2. The maximum absolute atomic E-state index is 13.1. The molecule has 0 saturated carbocycles. The molecular formula is C21H18F3N3O3S. The van der Waals surface area contributed by atoms with Gasteiger partial charge in [0.05, 0.1) is 19.1 Å². The van der Waals surface area contributed by atoms with Crippen LogP contribution in [-0.4, -0.2) is 24.0 Å². The van der Waals surface area contributed by atoms with Gasteiger partial charge in [0.15, 0.2) is 5.13 Å². The molecule has 1 heterocycles. The molecular weight excluding hydrogens is 431 g/mol. The molecule has 0 fully saturated rings. The Morgan fingerprint density at radius 1 is 1.10 bits per heavy atom. The Morgan fingerprint density at radius 3 is 2.48 bits per heavy atom. The molecule has 3 rings (SSSR count). The molecule has 0 aliphatic rings. The van der Waals surface area contributed by atoms with E-state index in [2.05, 4.69) is 20.4 Å². The number of carbonyl (C=O) groups excluding carboxylic acids is 2. The van der Waals surface area contributed by atoms with Gasteiger partial charge in [0.2, 0.25) is 0 Å². The van der Waals surface area contributed by atoms with Crippen molar-refractivity contribution in [3.63, 3.8) is 0 Å². The standard InChI is InChI=1S/C21H18F3N3O3S/c1-30-18(28)10-15-12-26-20(31-15)27-19(29)14-8-6-13(7-9-14)11-25-17-5-3-2-4-16(17)21(22,23)24/h2-9,12,25H,10-11H2,1H3,(H,26,27,29). The summed E-state index contributed by atoms with van der Waals surface area (Å²) in [6, 6.07) is 11.7. The number of carbonyl (C=O) groups is 2.